The largest absolute Gasteiger partial charge is 0.451 e. The molecule has 0 unspecified atom stereocenters. The third-order valence-electron chi connectivity index (χ3n) is 4.00. The summed E-state index contributed by atoms with van der Waals surface area (Å²) in [5.74, 6) is -1.69. The molecule has 2 rings (SSSR count). The predicted molar refractivity (Wildman–Crippen MR) is 94.1 cm³/mol. The molecule has 1 aliphatic carbocycles. The van der Waals surface area contributed by atoms with Crippen LogP contribution in [0.4, 0.5) is 0 Å². The predicted octanol–water partition coefficient (Wildman–Crippen LogP) is 1.52. The summed E-state index contributed by atoms with van der Waals surface area (Å²) in [6.45, 7) is 2.39. The zero-order valence-corrected chi connectivity index (χ0v) is 14.7. The second kappa shape index (κ2) is 8.30. The monoisotopic (exact) mass is 355 g/mol. The summed E-state index contributed by atoms with van der Waals surface area (Å²) in [5.41, 5.74) is -0.325. The van der Waals surface area contributed by atoms with Gasteiger partial charge in [0.2, 0.25) is 5.91 Å². The normalized spacial score (nSPS) is 16.0. The van der Waals surface area contributed by atoms with Gasteiger partial charge >= 0.3 is 5.97 Å². The van der Waals surface area contributed by atoms with Crippen molar-refractivity contribution >= 4 is 23.9 Å². The van der Waals surface area contributed by atoms with E-state index in [2.05, 4.69) is 16.7 Å². The van der Waals surface area contributed by atoms with E-state index in [0.717, 1.165) is 12.8 Å². The number of benzene rings is 1. The number of amides is 2. The van der Waals surface area contributed by atoms with Crippen LogP contribution in [-0.2, 0) is 19.1 Å². The van der Waals surface area contributed by atoms with E-state index < -0.39 is 29.9 Å². The average molecular weight is 355 g/mol. The number of hydrogen-bond acceptors (Lipinski definition) is 5. The van der Waals surface area contributed by atoms with Crippen LogP contribution in [0, 0.1) is 17.2 Å². The van der Waals surface area contributed by atoms with Gasteiger partial charge in [0.15, 0.2) is 6.61 Å². The molecule has 1 aliphatic rings. The Morgan fingerprint density at radius 3 is 2.50 bits per heavy atom. The molecule has 7 heteroatoms. The van der Waals surface area contributed by atoms with Crippen LogP contribution in [0.1, 0.15) is 32.3 Å². The summed E-state index contributed by atoms with van der Waals surface area (Å²) in [4.78, 5) is 35.6. The molecule has 1 saturated carbocycles. The first-order valence-electron chi connectivity index (χ1n) is 8.28. The van der Waals surface area contributed by atoms with E-state index in [0.29, 0.717) is 5.56 Å². The molecule has 2 amide bonds. The number of nitrogens with one attached hydrogen (secondary N) is 2. The number of nitriles is 1. The fourth-order valence-electron chi connectivity index (χ4n) is 2.47. The first kappa shape index (κ1) is 19.2. The molecule has 7 nitrogen and oxygen atoms in total. The SMILES string of the molecule is CC(=O)NC(=Cc1ccccc1)C(=O)OCC(=O)N[C@](C)(C#N)C1CC1. The molecule has 2 N–H and O–H groups in total. The van der Waals surface area contributed by atoms with Crippen LogP contribution in [0.5, 0.6) is 0 Å². The van der Waals surface area contributed by atoms with Crippen LogP contribution < -0.4 is 10.6 Å². The maximum Gasteiger partial charge on any atom is 0.355 e. The molecule has 0 saturated heterocycles. The first-order chi connectivity index (χ1) is 12.3. The molecule has 0 heterocycles. The highest BCUT2D eigenvalue weighted by atomic mass is 16.5. The topological polar surface area (TPSA) is 108 Å². The van der Waals surface area contributed by atoms with Gasteiger partial charge in [-0.2, -0.15) is 5.26 Å². The zero-order valence-electron chi connectivity index (χ0n) is 14.7. The first-order valence-corrected chi connectivity index (χ1v) is 8.28. The Bertz CT molecular complexity index is 763. The number of esters is 1. The van der Waals surface area contributed by atoms with E-state index in [9.17, 15) is 19.6 Å². The van der Waals surface area contributed by atoms with E-state index in [4.69, 9.17) is 4.74 Å². The molecule has 1 fully saturated rings. The van der Waals surface area contributed by atoms with E-state index in [-0.39, 0.29) is 11.6 Å². The van der Waals surface area contributed by atoms with Crippen LogP contribution in [0.2, 0.25) is 0 Å². The van der Waals surface area contributed by atoms with Crippen molar-refractivity contribution in [2.75, 3.05) is 6.61 Å². The zero-order chi connectivity index (χ0) is 19.2. The third-order valence-corrected chi connectivity index (χ3v) is 4.00. The van der Waals surface area contributed by atoms with Crippen LogP contribution in [0.15, 0.2) is 36.0 Å². The molecular weight excluding hydrogens is 334 g/mol. The fourth-order valence-corrected chi connectivity index (χ4v) is 2.47. The number of carbonyl (C=O) groups excluding carboxylic acids is 3. The standard InChI is InChI=1S/C19H21N3O4/c1-13(23)21-16(10-14-6-4-3-5-7-14)18(25)26-11-17(24)22-19(2,12-20)15-8-9-15/h3-7,10,15H,8-9,11H2,1-2H3,(H,21,23)(H,22,24)/t19-/m1/s1. The maximum atomic E-state index is 12.2. The Kier molecular flexibility index (Phi) is 6.12. The van der Waals surface area contributed by atoms with Gasteiger partial charge in [0.1, 0.15) is 11.2 Å². The smallest absolute Gasteiger partial charge is 0.355 e. The molecule has 0 spiro atoms. The molecule has 1 aromatic rings. The molecule has 1 aromatic carbocycles. The Morgan fingerprint density at radius 1 is 1.31 bits per heavy atom. The molecule has 0 radical (unpaired) electrons. The van der Waals surface area contributed by atoms with E-state index in [1.165, 1.54) is 13.0 Å². The van der Waals surface area contributed by atoms with E-state index >= 15 is 0 Å². The molecule has 0 bridgehead atoms. The second-order valence-electron chi connectivity index (χ2n) is 6.36. The van der Waals surface area contributed by atoms with Gasteiger partial charge in [0.05, 0.1) is 6.07 Å². The summed E-state index contributed by atoms with van der Waals surface area (Å²) in [5, 5.41) is 14.3. The van der Waals surface area contributed by atoms with Gasteiger partial charge in [-0.25, -0.2) is 4.79 Å². The van der Waals surface area contributed by atoms with Gasteiger partial charge in [0, 0.05) is 6.92 Å². The van der Waals surface area contributed by atoms with E-state index in [1.807, 2.05) is 6.07 Å². The minimum atomic E-state index is -0.955. The van der Waals surface area contributed by atoms with Gasteiger partial charge in [-0.3, -0.25) is 9.59 Å². The molecule has 0 aliphatic heterocycles. The quantitative estimate of drug-likeness (QED) is 0.569. The van der Waals surface area contributed by atoms with Crippen LogP contribution in [0.3, 0.4) is 0 Å². The number of nitrogens with zero attached hydrogens (tertiary/aromatic N) is 1. The van der Waals surface area contributed by atoms with Gasteiger partial charge in [-0.1, -0.05) is 30.3 Å². The van der Waals surface area contributed by atoms with Gasteiger partial charge in [0.25, 0.3) is 5.91 Å². The summed E-state index contributed by atoms with van der Waals surface area (Å²) in [6.07, 6.45) is 3.23. The lowest BCUT2D eigenvalue weighted by Crippen LogP contribution is -2.48. The lowest BCUT2D eigenvalue weighted by atomic mass is 9.98. The molecule has 1 atom stereocenters. The Hall–Kier alpha value is -3.14. The minimum absolute atomic E-state index is 0.0678. The van der Waals surface area contributed by atoms with Crippen LogP contribution in [0.25, 0.3) is 6.08 Å². The van der Waals surface area contributed by atoms with Crippen molar-refractivity contribution in [1.29, 1.82) is 5.26 Å². The highest BCUT2D eigenvalue weighted by molar-refractivity contribution is 5.98. The summed E-state index contributed by atoms with van der Waals surface area (Å²) in [7, 11) is 0. The Balaban J connectivity index is 1.98. The number of ether oxygens (including phenoxy) is 1. The van der Waals surface area contributed by atoms with Crippen molar-refractivity contribution in [3.05, 3.63) is 41.6 Å². The molecule has 26 heavy (non-hydrogen) atoms. The Labute approximate surface area is 152 Å². The summed E-state index contributed by atoms with van der Waals surface area (Å²) < 4.78 is 4.99. The van der Waals surface area contributed by atoms with Crippen molar-refractivity contribution in [2.45, 2.75) is 32.2 Å². The minimum Gasteiger partial charge on any atom is -0.451 e. The lowest BCUT2D eigenvalue weighted by molar-refractivity contribution is -0.146. The second-order valence-corrected chi connectivity index (χ2v) is 6.36. The molecule has 136 valence electrons. The highest BCUT2D eigenvalue weighted by Crippen LogP contribution is 2.39. The summed E-state index contributed by atoms with van der Waals surface area (Å²) in [6, 6.07) is 11.0. The third kappa shape index (κ3) is 5.45. The maximum absolute atomic E-state index is 12.2. The lowest BCUT2D eigenvalue weighted by Gasteiger charge is -2.22. The van der Waals surface area contributed by atoms with Crippen molar-refractivity contribution in [3.63, 3.8) is 0 Å². The average Bonchev–Trinajstić information content (AvgIpc) is 3.45. The van der Waals surface area contributed by atoms with Crippen LogP contribution >= 0.6 is 0 Å². The van der Waals surface area contributed by atoms with Crippen molar-refractivity contribution in [2.24, 2.45) is 5.92 Å². The van der Waals surface area contributed by atoms with Crippen molar-refractivity contribution in [1.82, 2.24) is 10.6 Å². The van der Waals surface area contributed by atoms with Gasteiger partial charge in [-0.15, -0.1) is 0 Å². The van der Waals surface area contributed by atoms with Crippen molar-refractivity contribution in [3.8, 4) is 6.07 Å². The van der Waals surface area contributed by atoms with E-state index in [1.54, 1.807) is 31.2 Å². The molecule has 0 aromatic heterocycles. The van der Waals surface area contributed by atoms with Gasteiger partial charge in [-0.05, 0) is 37.3 Å². The number of rotatable bonds is 7. The van der Waals surface area contributed by atoms with Gasteiger partial charge < -0.3 is 15.4 Å². The van der Waals surface area contributed by atoms with Crippen LogP contribution in [-0.4, -0.2) is 29.9 Å². The Morgan fingerprint density at radius 2 is 1.96 bits per heavy atom. The summed E-state index contributed by atoms with van der Waals surface area (Å²) >= 11 is 0. The fraction of sp³-hybridized carbons (Fsp3) is 0.368. The highest BCUT2D eigenvalue weighted by Gasteiger charge is 2.43. The number of carbonyl (C=O) groups is 3. The number of hydrogen-bond donors (Lipinski definition) is 2. The molecular formula is C19H21N3O4. The van der Waals surface area contributed by atoms with Crippen molar-refractivity contribution < 1.29 is 19.1 Å².